The lowest BCUT2D eigenvalue weighted by Crippen LogP contribution is -2.67. The number of esters is 1. The maximum absolute atomic E-state index is 15.0. The smallest absolute Gasteiger partial charge is 0.320 e. The Bertz CT molecular complexity index is 699. The second kappa shape index (κ2) is 20.9. The monoisotopic (exact) mass is 581 g/mol. The first-order valence-electron chi connectivity index (χ1n) is 17.8. The van der Waals surface area contributed by atoms with Crippen molar-refractivity contribution < 1.29 is 24.1 Å². The van der Waals surface area contributed by atoms with Gasteiger partial charge in [0.2, 0.25) is 0 Å². The molecule has 0 amide bonds. The Kier molecular flexibility index (Phi) is 19.4. The van der Waals surface area contributed by atoms with Crippen molar-refractivity contribution >= 4 is 11.8 Å². The highest BCUT2D eigenvalue weighted by Crippen LogP contribution is 2.48. The molecule has 1 heterocycles. The number of carbonyl (C=O) groups excluding carboxylic acids is 2. The molecule has 0 aromatic rings. The van der Waals surface area contributed by atoms with Crippen LogP contribution in [0.1, 0.15) is 196 Å². The number of rotatable bonds is 26. The number of unbranched alkanes of at least 4 members (excludes halogenated alkanes) is 15. The van der Waals surface area contributed by atoms with Crippen LogP contribution in [0.2, 0.25) is 0 Å². The van der Waals surface area contributed by atoms with Gasteiger partial charge < -0.3 is 4.74 Å². The molecule has 0 saturated carbocycles. The zero-order chi connectivity index (χ0) is 30.6. The molecule has 242 valence electrons. The van der Waals surface area contributed by atoms with E-state index in [9.17, 15) is 4.79 Å². The number of Topliss-reactive ketones (excluding diaryl/α,β-unsaturated/α-hetero) is 1. The summed E-state index contributed by atoms with van der Waals surface area (Å²) in [7, 11) is 0. The molecule has 0 aromatic carbocycles. The summed E-state index contributed by atoms with van der Waals surface area (Å²) in [5.41, 5.74) is -2.87. The van der Waals surface area contributed by atoms with Gasteiger partial charge in [0.05, 0.1) is 0 Å². The van der Waals surface area contributed by atoms with E-state index in [4.69, 9.17) is 14.5 Å². The van der Waals surface area contributed by atoms with Crippen molar-refractivity contribution in [2.75, 3.05) is 0 Å². The van der Waals surface area contributed by atoms with E-state index in [0.717, 1.165) is 83.5 Å². The van der Waals surface area contributed by atoms with Gasteiger partial charge in [-0.05, 0) is 52.9 Å². The van der Waals surface area contributed by atoms with Gasteiger partial charge in [-0.1, -0.05) is 143 Å². The average molecular weight is 581 g/mol. The molecule has 1 fully saturated rings. The molecule has 41 heavy (non-hydrogen) atoms. The van der Waals surface area contributed by atoms with E-state index in [1.807, 2.05) is 20.8 Å². The minimum Gasteiger partial charge on any atom is -0.459 e. The molecular weight excluding hydrogens is 512 g/mol. The molecule has 3 atom stereocenters. The number of hydrogen-bond donors (Lipinski definition) is 0. The summed E-state index contributed by atoms with van der Waals surface area (Å²) in [5, 5.41) is 0. The van der Waals surface area contributed by atoms with Gasteiger partial charge in [-0.25, -0.2) is 9.78 Å². The summed E-state index contributed by atoms with van der Waals surface area (Å²) in [6, 6.07) is 0. The van der Waals surface area contributed by atoms with Crippen LogP contribution in [0.3, 0.4) is 0 Å². The van der Waals surface area contributed by atoms with E-state index in [1.165, 1.54) is 44.9 Å². The Balaban J connectivity index is 3.36. The molecule has 5 heteroatoms. The van der Waals surface area contributed by atoms with Gasteiger partial charge in [-0.3, -0.25) is 9.59 Å². The predicted molar refractivity (Wildman–Crippen MR) is 171 cm³/mol. The van der Waals surface area contributed by atoms with E-state index in [2.05, 4.69) is 27.7 Å². The van der Waals surface area contributed by atoms with Crippen molar-refractivity contribution in [1.82, 2.24) is 0 Å². The Morgan fingerprint density at radius 3 is 1.54 bits per heavy atom. The van der Waals surface area contributed by atoms with Gasteiger partial charge in [-0.15, -0.1) is 0 Å². The lowest BCUT2D eigenvalue weighted by Gasteiger charge is -2.50. The number of ether oxygens (including phenoxy) is 1. The SMILES string of the molecule is CCCCCCCCC(CCCCCC)(C(=O)OC(C)(C)C)C(=O)C1(CCCCCCCC)OOC1CCCCC. The molecule has 0 N–H and O–H groups in total. The van der Waals surface area contributed by atoms with Crippen LogP contribution in [0.5, 0.6) is 0 Å². The third-order valence-corrected chi connectivity index (χ3v) is 8.83. The predicted octanol–water partition coefficient (Wildman–Crippen LogP) is 11.0. The number of carbonyl (C=O) groups is 2. The third kappa shape index (κ3) is 13.1. The first-order valence-corrected chi connectivity index (χ1v) is 17.8. The third-order valence-electron chi connectivity index (χ3n) is 8.83. The van der Waals surface area contributed by atoms with Gasteiger partial charge in [0.1, 0.15) is 17.1 Å². The molecule has 1 saturated heterocycles. The molecule has 5 nitrogen and oxygen atoms in total. The van der Waals surface area contributed by atoms with Crippen molar-refractivity contribution in [2.45, 2.75) is 213 Å². The van der Waals surface area contributed by atoms with E-state index in [-0.39, 0.29) is 17.9 Å². The summed E-state index contributed by atoms with van der Waals surface area (Å²) < 4.78 is 6.09. The molecule has 0 bridgehead atoms. The minimum atomic E-state index is -1.18. The maximum Gasteiger partial charge on any atom is 0.320 e. The molecule has 1 rings (SSSR count). The highest BCUT2D eigenvalue weighted by Gasteiger charge is 2.64. The van der Waals surface area contributed by atoms with Crippen LogP contribution in [0.25, 0.3) is 0 Å². The van der Waals surface area contributed by atoms with Crippen molar-refractivity contribution in [3.8, 4) is 0 Å². The topological polar surface area (TPSA) is 61.8 Å². The van der Waals surface area contributed by atoms with Crippen molar-refractivity contribution in [2.24, 2.45) is 5.41 Å². The Morgan fingerprint density at radius 2 is 1.07 bits per heavy atom. The molecule has 0 aromatic heterocycles. The van der Waals surface area contributed by atoms with E-state index >= 15 is 4.79 Å². The number of hydrogen-bond acceptors (Lipinski definition) is 5. The van der Waals surface area contributed by atoms with E-state index in [0.29, 0.717) is 19.3 Å². The van der Waals surface area contributed by atoms with Crippen LogP contribution in [0.4, 0.5) is 0 Å². The fourth-order valence-corrected chi connectivity index (χ4v) is 6.25. The quantitative estimate of drug-likeness (QED) is 0.0441. The molecule has 1 aliphatic heterocycles. The first-order chi connectivity index (χ1) is 19.6. The van der Waals surface area contributed by atoms with Gasteiger partial charge in [0, 0.05) is 0 Å². The highest BCUT2D eigenvalue weighted by molar-refractivity contribution is 6.08. The fraction of sp³-hybridized carbons (Fsp3) is 0.944. The highest BCUT2D eigenvalue weighted by atomic mass is 17.3. The van der Waals surface area contributed by atoms with Crippen LogP contribution in [-0.4, -0.2) is 29.1 Å². The van der Waals surface area contributed by atoms with Crippen molar-refractivity contribution in [3.63, 3.8) is 0 Å². The van der Waals surface area contributed by atoms with Gasteiger partial charge in [0.15, 0.2) is 11.4 Å². The van der Waals surface area contributed by atoms with Crippen molar-refractivity contribution in [3.05, 3.63) is 0 Å². The molecular formula is C36H68O5. The maximum atomic E-state index is 15.0. The second-order valence-corrected chi connectivity index (χ2v) is 13.8. The molecule has 0 spiro atoms. The van der Waals surface area contributed by atoms with Gasteiger partial charge in [-0.2, -0.15) is 0 Å². The lowest BCUT2D eigenvalue weighted by atomic mass is 9.65. The molecule has 0 radical (unpaired) electrons. The lowest BCUT2D eigenvalue weighted by molar-refractivity contribution is -0.497. The van der Waals surface area contributed by atoms with Crippen LogP contribution >= 0.6 is 0 Å². The minimum absolute atomic E-state index is 0.0504. The summed E-state index contributed by atoms with van der Waals surface area (Å²) in [6.45, 7) is 14.6. The number of ketones is 1. The molecule has 0 aliphatic carbocycles. The van der Waals surface area contributed by atoms with Crippen LogP contribution < -0.4 is 0 Å². The van der Waals surface area contributed by atoms with E-state index < -0.39 is 16.6 Å². The average Bonchev–Trinajstić information content (AvgIpc) is 2.92. The standard InChI is InChI=1S/C36H68O5/c1-8-12-16-19-21-25-29-35(28-24-18-14-10-3,33(38)39-34(5,6)7)32(37)36(30-26-22-20-17-13-9-2)31(40-41-36)27-23-15-11-4/h31H,8-30H2,1-7H3. The first kappa shape index (κ1) is 38.1. The van der Waals surface area contributed by atoms with Gasteiger partial charge >= 0.3 is 5.97 Å². The van der Waals surface area contributed by atoms with Crippen molar-refractivity contribution in [1.29, 1.82) is 0 Å². The Hall–Kier alpha value is -0.940. The Morgan fingerprint density at radius 1 is 0.634 bits per heavy atom. The summed E-state index contributed by atoms with van der Waals surface area (Å²) in [6.07, 6.45) is 23.1. The zero-order valence-electron chi connectivity index (χ0n) is 28.4. The second-order valence-electron chi connectivity index (χ2n) is 13.8. The summed E-state index contributed by atoms with van der Waals surface area (Å²) >= 11 is 0. The van der Waals surface area contributed by atoms with Crippen LogP contribution in [0.15, 0.2) is 0 Å². The van der Waals surface area contributed by atoms with Crippen LogP contribution in [0, 0.1) is 5.41 Å². The zero-order valence-corrected chi connectivity index (χ0v) is 28.4. The van der Waals surface area contributed by atoms with Crippen LogP contribution in [-0.2, 0) is 24.1 Å². The Labute approximate surface area is 254 Å². The molecule has 1 aliphatic rings. The fourth-order valence-electron chi connectivity index (χ4n) is 6.25. The summed E-state index contributed by atoms with van der Waals surface area (Å²) in [4.78, 5) is 40.9. The normalized spacial score (nSPS) is 20.4. The largest absolute Gasteiger partial charge is 0.459 e. The van der Waals surface area contributed by atoms with Gasteiger partial charge in [0.25, 0.3) is 0 Å². The molecule has 3 unspecified atom stereocenters. The van der Waals surface area contributed by atoms with E-state index in [1.54, 1.807) is 0 Å². The summed E-state index contributed by atoms with van der Waals surface area (Å²) in [5.74, 6) is -0.393.